The van der Waals surface area contributed by atoms with E-state index in [-0.39, 0.29) is 0 Å². The third-order valence-corrected chi connectivity index (χ3v) is 3.52. The summed E-state index contributed by atoms with van der Waals surface area (Å²) in [5.74, 6) is 0. The van der Waals surface area contributed by atoms with Crippen LogP contribution >= 0.6 is 0 Å². The maximum absolute atomic E-state index is 10.4. The Balaban J connectivity index is 2.00. The molecule has 0 radical (unpaired) electrons. The summed E-state index contributed by atoms with van der Waals surface area (Å²) < 4.78 is 7.32. The Hall–Kier alpha value is -0.870. The smallest absolute Gasteiger partial charge is 0.0936 e. The zero-order valence-corrected chi connectivity index (χ0v) is 10.7. The number of ether oxygens (including phenoxy) is 1. The van der Waals surface area contributed by atoms with E-state index in [4.69, 9.17) is 4.74 Å². The fraction of sp³-hybridized carbons (Fsp3) is 0.769. The van der Waals surface area contributed by atoms with Gasteiger partial charge >= 0.3 is 0 Å². The van der Waals surface area contributed by atoms with Gasteiger partial charge in [0, 0.05) is 25.3 Å². The molecule has 17 heavy (non-hydrogen) atoms. The summed E-state index contributed by atoms with van der Waals surface area (Å²) in [5, 5.41) is 14.9. The van der Waals surface area contributed by atoms with Crippen LogP contribution in [0.5, 0.6) is 0 Å². The normalized spacial score (nSPS) is 27.0. The molecular formula is C13H22N2O2. The van der Waals surface area contributed by atoms with Gasteiger partial charge in [0.15, 0.2) is 0 Å². The Morgan fingerprint density at radius 2 is 2.47 bits per heavy atom. The van der Waals surface area contributed by atoms with Gasteiger partial charge in [-0.3, -0.25) is 4.68 Å². The largest absolute Gasteiger partial charge is 0.387 e. The van der Waals surface area contributed by atoms with Crippen molar-refractivity contribution < 1.29 is 9.84 Å². The van der Waals surface area contributed by atoms with Crippen molar-refractivity contribution in [3.05, 3.63) is 18.0 Å². The Bertz CT molecular complexity index is 356. The van der Waals surface area contributed by atoms with Crippen molar-refractivity contribution in [2.24, 2.45) is 0 Å². The summed E-state index contributed by atoms with van der Waals surface area (Å²) in [5.41, 5.74) is 0.241. The van der Waals surface area contributed by atoms with E-state index >= 15 is 0 Å². The first-order valence-corrected chi connectivity index (χ1v) is 6.47. The summed E-state index contributed by atoms with van der Waals surface area (Å²) in [6, 6.07) is 2.42. The van der Waals surface area contributed by atoms with Gasteiger partial charge in [-0.1, -0.05) is 6.92 Å². The van der Waals surface area contributed by atoms with Gasteiger partial charge in [0.25, 0.3) is 0 Å². The van der Waals surface area contributed by atoms with Crippen molar-refractivity contribution in [1.29, 1.82) is 0 Å². The predicted octanol–water partition coefficient (Wildman–Crippen LogP) is 1.94. The topological polar surface area (TPSA) is 47.3 Å². The van der Waals surface area contributed by atoms with Crippen molar-refractivity contribution in [2.45, 2.75) is 51.2 Å². The van der Waals surface area contributed by atoms with Crippen LogP contribution in [0.3, 0.4) is 0 Å². The second-order valence-corrected chi connectivity index (χ2v) is 5.10. The molecule has 1 aromatic rings. The Labute approximate surface area is 103 Å². The molecule has 4 nitrogen and oxygen atoms in total. The molecule has 1 fully saturated rings. The standard InChI is InChI=1S/C13H22N2O2/c1-3-11(2)15-7-5-12(14-15)9-13(16)6-4-8-17-10-13/h5,7,11,16H,3-4,6,8-10H2,1-2H3. The molecule has 0 spiro atoms. The second kappa shape index (κ2) is 5.19. The molecule has 96 valence electrons. The molecule has 1 aliphatic rings. The second-order valence-electron chi connectivity index (χ2n) is 5.10. The van der Waals surface area contributed by atoms with Crippen molar-refractivity contribution in [3.8, 4) is 0 Å². The molecule has 2 atom stereocenters. The Morgan fingerprint density at radius 3 is 3.12 bits per heavy atom. The predicted molar refractivity (Wildman–Crippen MR) is 65.9 cm³/mol. The zero-order chi connectivity index (χ0) is 12.3. The molecule has 0 bridgehead atoms. The van der Waals surface area contributed by atoms with Crippen molar-refractivity contribution >= 4 is 0 Å². The van der Waals surface area contributed by atoms with Crippen LogP contribution in [-0.4, -0.2) is 33.7 Å². The van der Waals surface area contributed by atoms with Crippen LogP contribution in [0.1, 0.15) is 44.8 Å². The first-order valence-electron chi connectivity index (χ1n) is 6.47. The quantitative estimate of drug-likeness (QED) is 0.872. The van der Waals surface area contributed by atoms with Gasteiger partial charge in [0.2, 0.25) is 0 Å². The maximum Gasteiger partial charge on any atom is 0.0936 e. The molecule has 4 heteroatoms. The summed E-state index contributed by atoms with van der Waals surface area (Å²) in [6.45, 7) is 5.50. The highest BCUT2D eigenvalue weighted by Crippen LogP contribution is 2.23. The van der Waals surface area contributed by atoms with E-state index in [2.05, 4.69) is 18.9 Å². The molecule has 2 rings (SSSR count). The van der Waals surface area contributed by atoms with E-state index in [9.17, 15) is 5.11 Å². The number of hydrogen-bond donors (Lipinski definition) is 1. The summed E-state index contributed by atoms with van der Waals surface area (Å²) in [7, 11) is 0. The minimum absolute atomic E-state index is 0.418. The van der Waals surface area contributed by atoms with E-state index in [1.807, 2.05) is 16.9 Å². The van der Waals surface area contributed by atoms with Gasteiger partial charge in [-0.15, -0.1) is 0 Å². The van der Waals surface area contributed by atoms with Crippen molar-refractivity contribution in [1.82, 2.24) is 9.78 Å². The fourth-order valence-corrected chi connectivity index (χ4v) is 2.22. The van der Waals surface area contributed by atoms with Gasteiger partial charge in [0.1, 0.15) is 0 Å². The molecule has 2 unspecified atom stereocenters. The molecule has 1 saturated heterocycles. The van der Waals surface area contributed by atoms with E-state index in [0.29, 0.717) is 19.1 Å². The van der Waals surface area contributed by atoms with Crippen LogP contribution in [0, 0.1) is 0 Å². The maximum atomic E-state index is 10.4. The molecule has 0 aromatic carbocycles. The molecule has 0 amide bonds. The van der Waals surface area contributed by atoms with Gasteiger partial charge in [-0.25, -0.2) is 0 Å². The third-order valence-electron chi connectivity index (χ3n) is 3.52. The van der Waals surface area contributed by atoms with Crippen LogP contribution in [0.2, 0.25) is 0 Å². The Morgan fingerprint density at radius 1 is 1.65 bits per heavy atom. The van der Waals surface area contributed by atoms with Gasteiger partial charge in [-0.05, 0) is 32.3 Å². The molecular weight excluding hydrogens is 216 g/mol. The van der Waals surface area contributed by atoms with Crippen LogP contribution in [0.4, 0.5) is 0 Å². The fourth-order valence-electron chi connectivity index (χ4n) is 2.22. The zero-order valence-electron chi connectivity index (χ0n) is 10.7. The van der Waals surface area contributed by atoms with Crippen LogP contribution in [-0.2, 0) is 11.2 Å². The molecule has 2 heterocycles. The minimum Gasteiger partial charge on any atom is -0.387 e. The molecule has 1 aliphatic heterocycles. The average Bonchev–Trinajstić information content (AvgIpc) is 2.76. The number of aromatic nitrogens is 2. The van der Waals surface area contributed by atoms with Gasteiger partial charge < -0.3 is 9.84 Å². The molecule has 0 saturated carbocycles. The van der Waals surface area contributed by atoms with Gasteiger partial charge in [-0.2, -0.15) is 5.10 Å². The number of hydrogen-bond acceptors (Lipinski definition) is 3. The van der Waals surface area contributed by atoms with E-state index in [0.717, 1.165) is 31.6 Å². The first kappa shape index (κ1) is 12.6. The van der Waals surface area contributed by atoms with E-state index < -0.39 is 5.60 Å². The highest BCUT2D eigenvalue weighted by molar-refractivity contribution is 5.05. The lowest BCUT2D eigenvalue weighted by atomic mass is 9.92. The van der Waals surface area contributed by atoms with Gasteiger partial charge in [0.05, 0.1) is 17.9 Å². The summed E-state index contributed by atoms with van der Waals surface area (Å²) >= 11 is 0. The number of rotatable bonds is 4. The van der Waals surface area contributed by atoms with E-state index in [1.54, 1.807) is 0 Å². The average molecular weight is 238 g/mol. The lowest BCUT2D eigenvalue weighted by Crippen LogP contribution is -2.40. The lowest BCUT2D eigenvalue weighted by molar-refractivity contribution is -0.0850. The summed E-state index contributed by atoms with van der Waals surface area (Å²) in [6.07, 6.45) is 5.40. The monoisotopic (exact) mass is 238 g/mol. The SMILES string of the molecule is CCC(C)n1ccc(CC2(O)CCCOC2)n1. The first-order chi connectivity index (χ1) is 8.13. The van der Waals surface area contributed by atoms with Crippen LogP contribution in [0.15, 0.2) is 12.3 Å². The third kappa shape index (κ3) is 3.07. The molecule has 1 aromatic heterocycles. The van der Waals surface area contributed by atoms with E-state index in [1.165, 1.54) is 0 Å². The highest BCUT2D eigenvalue weighted by Gasteiger charge is 2.31. The van der Waals surface area contributed by atoms with Crippen molar-refractivity contribution in [2.75, 3.05) is 13.2 Å². The minimum atomic E-state index is -0.715. The Kier molecular flexibility index (Phi) is 3.84. The molecule has 1 N–H and O–H groups in total. The molecule has 0 aliphatic carbocycles. The van der Waals surface area contributed by atoms with Crippen LogP contribution < -0.4 is 0 Å². The number of nitrogens with zero attached hydrogens (tertiary/aromatic N) is 2. The lowest BCUT2D eigenvalue weighted by Gasteiger charge is -2.31. The summed E-state index contributed by atoms with van der Waals surface area (Å²) in [4.78, 5) is 0. The number of aliphatic hydroxyl groups is 1. The highest BCUT2D eigenvalue weighted by atomic mass is 16.5. The van der Waals surface area contributed by atoms with Crippen molar-refractivity contribution in [3.63, 3.8) is 0 Å². The van der Waals surface area contributed by atoms with Crippen LogP contribution in [0.25, 0.3) is 0 Å².